The Labute approximate surface area is 151 Å². The Morgan fingerprint density at radius 2 is 1.19 bits per heavy atom. The summed E-state index contributed by atoms with van der Waals surface area (Å²) in [6.45, 7) is 6.64. The first kappa shape index (κ1) is 22.9. The molecule has 9 heteroatoms. The molecule has 0 atom stereocenters. The Hall–Kier alpha value is -2.16. The fraction of sp³-hybridized carbons (Fsp3) is 0.333. The third-order valence-electron chi connectivity index (χ3n) is 3.47. The zero-order valence-electron chi connectivity index (χ0n) is 14.5. The van der Waals surface area contributed by atoms with Crippen molar-refractivity contribution in [2.45, 2.75) is 26.7 Å². The Kier molecular flexibility index (Phi) is 8.68. The lowest BCUT2D eigenvalue weighted by molar-refractivity contribution is 0.380. The molecule has 150 valence electrons. The number of benzene rings is 2. The molecule has 27 heavy (non-hydrogen) atoms. The van der Waals surface area contributed by atoms with Crippen LogP contribution in [0.4, 0.5) is 35.1 Å². The number of unbranched alkanes of at least 4 members (excludes halogenated alkanes) is 1. The molecular formula is C18H17F8N. The fourth-order valence-corrected chi connectivity index (χ4v) is 2.04. The predicted molar refractivity (Wildman–Crippen MR) is 85.0 cm³/mol. The SMILES string of the molecule is CCCCNCC.Fc1ccc(-c2c(F)c(F)c(F)c(F)c2F)c(F)c1F. The average Bonchev–Trinajstić information content (AvgIpc) is 2.66. The minimum Gasteiger partial charge on any atom is -0.317 e. The van der Waals surface area contributed by atoms with Gasteiger partial charge in [-0.15, -0.1) is 0 Å². The molecule has 0 saturated carbocycles. The summed E-state index contributed by atoms with van der Waals surface area (Å²) in [5, 5.41) is 3.25. The number of hydrogen-bond acceptors (Lipinski definition) is 1. The molecule has 0 spiro atoms. The highest BCUT2D eigenvalue weighted by molar-refractivity contribution is 5.66. The third-order valence-corrected chi connectivity index (χ3v) is 3.47. The molecule has 0 fully saturated rings. The van der Waals surface area contributed by atoms with Gasteiger partial charge in [0, 0.05) is 5.56 Å². The maximum atomic E-state index is 13.4. The Bertz CT molecular complexity index is 759. The predicted octanol–water partition coefficient (Wildman–Crippen LogP) is 5.86. The standard InChI is InChI=1S/C12H2F8.C6H15N/c13-4-2-1-3(6(14)7(4)15)5-8(16)10(18)12(20)11(19)9(5)17;1-3-5-6-7-4-2/h1-2H;7H,3-6H2,1-2H3. The second-order valence-electron chi connectivity index (χ2n) is 5.37. The van der Waals surface area contributed by atoms with Gasteiger partial charge in [0.25, 0.3) is 0 Å². The molecule has 0 heterocycles. The Morgan fingerprint density at radius 3 is 1.67 bits per heavy atom. The van der Waals surface area contributed by atoms with Crippen LogP contribution in [0.2, 0.25) is 0 Å². The van der Waals surface area contributed by atoms with Gasteiger partial charge in [0.15, 0.2) is 40.7 Å². The van der Waals surface area contributed by atoms with E-state index >= 15 is 0 Å². The van der Waals surface area contributed by atoms with E-state index < -0.39 is 57.7 Å². The van der Waals surface area contributed by atoms with Crippen LogP contribution in [0.3, 0.4) is 0 Å². The van der Waals surface area contributed by atoms with Gasteiger partial charge in [-0.25, -0.2) is 35.1 Å². The first-order chi connectivity index (χ1) is 12.7. The van der Waals surface area contributed by atoms with Crippen LogP contribution in [-0.2, 0) is 0 Å². The van der Waals surface area contributed by atoms with Gasteiger partial charge in [0.1, 0.15) is 0 Å². The summed E-state index contributed by atoms with van der Waals surface area (Å²) in [6.07, 6.45) is 2.61. The smallest absolute Gasteiger partial charge is 0.200 e. The van der Waals surface area contributed by atoms with Crippen molar-refractivity contribution in [3.05, 3.63) is 58.7 Å². The summed E-state index contributed by atoms with van der Waals surface area (Å²) in [7, 11) is 0. The van der Waals surface area contributed by atoms with E-state index in [-0.39, 0.29) is 0 Å². The fourth-order valence-electron chi connectivity index (χ4n) is 2.04. The van der Waals surface area contributed by atoms with Gasteiger partial charge in [-0.2, -0.15) is 0 Å². The van der Waals surface area contributed by atoms with Crippen LogP contribution < -0.4 is 5.32 Å². The summed E-state index contributed by atoms with van der Waals surface area (Å²) in [4.78, 5) is 0. The number of nitrogens with one attached hydrogen (secondary N) is 1. The van der Waals surface area contributed by atoms with Crippen LogP contribution in [0.25, 0.3) is 11.1 Å². The summed E-state index contributed by atoms with van der Waals surface area (Å²) >= 11 is 0. The van der Waals surface area contributed by atoms with Crippen molar-refractivity contribution in [1.82, 2.24) is 5.32 Å². The number of rotatable bonds is 5. The van der Waals surface area contributed by atoms with E-state index in [1.165, 1.54) is 19.4 Å². The zero-order chi connectivity index (χ0) is 20.7. The average molecular weight is 399 g/mol. The largest absolute Gasteiger partial charge is 0.317 e. The lowest BCUT2D eigenvalue weighted by atomic mass is 10.0. The highest BCUT2D eigenvalue weighted by Gasteiger charge is 2.29. The molecule has 0 unspecified atom stereocenters. The van der Waals surface area contributed by atoms with Gasteiger partial charge in [0.05, 0.1) is 5.56 Å². The first-order valence-electron chi connectivity index (χ1n) is 8.04. The molecule has 2 rings (SSSR count). The molecule has 1 N–H and O–H groups in total. The van der Waals surface area contributed by atoms with Crippen molar-refractivity contribution in [3.63, 3.8) is 0 Å². The van der Waals surface area contributed by atoms with E-state index in [2.05, 4.69) is 19.2 Å². The van der Waals surface area contributed by atoms with E-state index in [1.807, 2.05) is 0 Å². The minimum atomic E-state index is -2.44. The lowest BCUT2D eigenvalue weighted by Gasteiger charge is -2.09. The van der Waals surface area contributed by atoms with Crippen molar-refractivity contribution in [3.8, 4) is 11.1 Å². The molecular weight excluding hydrogens is 382 g/mol. The zero-order valence-corrected chi connectivity index (χ0v) is 14.5. The maximum absolute atomic E-state index is 13.4. The van der Waals surface area contributed by atoms with Crippen molar-refractivity contribution < 1.29 is 35.1 Å². The normalized spacial score (nSPS) is 10.6. The molecule has 1 nitrogen and oxygen atoms in total. The molecule has 0 aliphatic heterocycles. The molecule has 0 amide bonds. The molecule has 0 aromatic heterocycles. The number of halogens is 8. The topological polar surface area (TPSA) is 12.0 Å². The van der Waals surface area contributed by atoms with Crippen LogP contribution in [0, 0.1) is 46.5 Å². The van der Waals surface area contributed by atoms with Crippen LogP contribution in [0.5, 0.6) is 0 Å². The molecule has 0 aliphatic carbocycles. The van der Waals surface area contributed by atoms with Gasteiger partial charge in [-0.1, -0.05) is 20.3 Å². The second kappa shape index (κ2) is 10.2. The van der Waals surface area contributed by atoms with E-state index in [1.54, 1.807) is 0 Å². The highest BCUT2D eigenvalue weighted by atomic mass is 19.2. The van der Waals surface area contributed by atoms with Crippen molar-refractivity contribution in [1.29, 1.82) is 0 Å². The summed E-state index contributed by atoms with van der Waals surface area (Å²) in [5.74, 6) is -17.6. The molecule has 2 aromatic rings. The third kappa shape index (κ3) is 5.18. The lowest BCUT2D eigenvalue weighted by Crippen LogP contribution is -2.13. The van der Waals surface area contributed by atoms with E-state index in [9.17, 15) is 35.1 Å². The van der Waals surface area contributed by atoms with Crippen molar-refractivity contribution in [2.75, 3.05) is 13.1 Å². The van der Waals surface area contributed by atoms with Gasteiger partial charge < -0.3 is 5.32 Å². The van der Waals surface area contributed by atoms with Crippen LogP contribution in [0.15, 0.2) is 12.1 Å². The first-order valence-corrected chi connectivity index (χ1v) is 8.04. The van der Waals surface area contributed by atoms with Gasteiger partial charge in [-0.3, -0.25) is 0 Å². The quantitative estimate of drug-likeness (QED) is 0.287. The second-order valence-corrected chi connectivity index (χ2v) is 5.37. The Balaban J connectivity index is 0.000000445. The molecule has 0 bridgehead atoms. The van der Waals surface area contributed by atoms with Crippen molar-refractivity contribution >= 4 is 0 Å². The van der Waals surface area contributed by atoms with Gasteiger partial charge >= 0.3 is 0 Å². The Morgan fingerprint density at radius 1 is 0.667 bits per heavy atom. The van der Waals surface area contributed by atoms with E-state index in [0.717, 1.165) is 6.54 Å². The molecule has 0 aliphatic rings. The molecule has 0 radical (unpaired) electrons. The number of hydrogen-bond donors (Lipinski definition) is 1. The summed E-state index contributed by atoms with van der Waals surface area (Å²) in [6, 6.07) is 0.665. The molecule has 2 aromatic carbocycles. The van der Waals surface area contributed by atoms with E-state index in [0.29, 0.717) is 12.1 Å². The maximum Gasteiger partial charge on any atom is 0.200 e. The van der Waals surface area contributed by atoms with Crippen LogP contribution in [-0.4, -0.2) is 13.1 Å². The van der Waals surface area contributed by atoms with Crippen LogP contribution in [0.1, 0.15) is 26.7 Å². The van der Waals surface area contributed by atoms with E-state index in [4.69, 9.17) is 0 Å². The van der Waals surface area contributed by atoms with Crippen molar-refractivity contribution in [2.24, 2.45) is 0 Å². The van der Waals surface area contributed by atoms with Gasteiger partial charge in [-0.05, 0) is 31.6 Å². The minimum absolute atomic E-state index is 0.297. The molecule has 0 saturated heterocycles. The summed E-state index contributed by atoms with van der Waals surface area (Å²) < 4.78 is 105. The van der Waals surface area contributed by atoms with Gasteiger partial charge in [0.2, 0.25) is 5.82 Å². The van der Waals surface area contributed by atoms with Crippen LogP contribution >= 0.6 is 0 Å². The monoisotopic (exact) mass is 399 g/mol. The highest BCUT2D eigenvalue weighted by Crippen LogP contribution is 2.34. The summed E-state index contributed by atoms with van der Waals surface area (Å²) in [5.41, 5.74) is -2.95.